The smallest absolute Gasteiger partial charge is 0.325 e. The summed E-state index contributed by atoms with van der Waals surface area (Å²) in [4.78, 5) is 48.7. The Hall–Kier alpha value is -3.75. The predicted octanol–water partition coefficient (Wildman–Crippen LogP) is 2.62. The number of nitrogens with zero attached hydrogens (tertiary/aromatic N) is 2. The number of amides is 4. The number of rotatable bonds is 5. The summed E-state index contributed by atoms with van der Waals surface area (Å²) in [6, 6.07) is 10.1. The van der Waals surface area contributed by atoms with Crippen LogP contribution in [0, 0.1) is 24.0 Å². The van der Waals surface area contributed by atoms with Crippen molar-refractivity contribution in [1.82, 2.24) is 10.2 Å². The van der Waals surface area contributed by atoms with E-state index >= 15 is 0 Å². The summed E-state index contributed by atoms with van der Waals surface area (Å²) >= 11 is 0. The van der Waals surface area contributed by atoms with Crippen molar-refractivity contribution in [2.24, 2.45) is 0 Å². The lowest BCUT2D eigenvalue weighted by atomic mass is 9.92. The number of aryl methyl sites for hydroxylation is 2. The van der Waals surface area contributed by atoms with Crippen molar-refractivity contribution in [2.75, 3.05) is 11.9 Å². The average molecular weight is 396 g/mol. The molecule has 29 heavy (non-hydrogen) atoms. The Balaban J connectivity index is 1.74. The highest BCUT2D eigenvalue weighted by Crippen LogP contribution is 2.30. The monoisotopic (exact) mass is 396 g/mol. The zero-order valence-electron chi connectivity index (χ0n) is 16.2. The van der Waals surface area contributed by atoms with Gasteiger partial charge in [0.1, 0.15) is 12.1 Å². The van der Waals surface area contributed by atoms with Gasteiger partial charge in [0.05, 0.1) is 4.92 Å². The second kappa shape index (κ2) is 7.34. The molecule has 3 rings (SSSR count). The molecule has 1 heterocycles. The van der Waals surface area contributed by atoms with E-state index in [4.69, 9.17) is 0 Å². The molecule has 2 aromatic rings. The molecule has 0 saturated carbocycles. The van der Waals surface area contributed by atoms with E-state index < -0.39 is 34.9 Å². The van der Waals surface area contributed by atoms with Gasteiger partial charge >= 0.3 is 6.03 Å². The molecule has 1 saturated heterocycles. The van der Waals surface area contributed by atoms with Crippen LogP contribution in [0.1, 0.15) is 23.6 Å². The van der Waals surface area contributed by atoms with Crippen LogP contribution in [0.5, 0.6) is 0 Å². The van der Waals surface area contributed by atoms with Gasteiger partial charge in [0.25, 0.3) is 11.6 Å². The lowest BCUT2D eigenvalue weighted by Crippen LogP contribution is -2.42. The molecular formula is C20H20N4O5. The van der Waals surface area contributed by atoms with Gasteiger partial charge in [-0.1, -0.05) is 6.07 Å². The van der Waals surface area contributed by atoms with E-state index in [0.29, 0.717) is 11.3 Å². The molecule has 2 N–H and O–H groups in total. The largest absolute Gasteiger partial charge is 0.325 e. The summed E-state index contributed by atoms with van der Waals surface area (Å²) in [7, 11) is 0. The fourth-order valence-corrected chi connectivity index (χ4v) is 3.12. The molecule has 4 amide bonds. The van der Waals surface area contributed by atoms with Crippen molar-refractivity contribution in [3.05, 3.63) is 69.3 Å². The van der Waals surface area contributed by atoms with Gasteiger partial charge in [-0.15, -0.1) is 0 Å². The number of carbonyl (C=O) groups excluding carboxylic acids is 3. The maximum atomic E-state index is 12.9. The van der Waals surface area contributed by atoms with Gasteiger partial charge in [-0.05, 0) is 61.7 Å². The molecule has 2 aromatic carbocycles. The lowest BCUT2D eigenvalue weighted by Gasteiger charge is -2.22. The Morgan fingerprint density at radius 1 is 1.14 bits per heavy atom. The van der Waals surface area contributed by atoms with Crippen LogP contribution in [0.15, 0.2) is 42.5 Å². The zero-order valence-corrected chi connectivity index (χ0v) is 16.2. The highest BCUT2D eigenvalue weighted by Gasteiger charge is 2.49. The fraction of sp³-hybridized carbons (Fsp3) is 0.250. The third-order valence-electron chi connectivity index (χ3n) is 5.02. The number of hydrogen-bond acceptors (Lipinski definition) is 5. The van der Waals surface area contributed by atoms with E-state index in [-0.39, 0.29) is 5.69 Å². The SMILES string of the molecule is Cc1ccc(NC(=O)CN2C(=O)N[C@@](C)(c3ccc([N+](=O)[O-])cc3)C2=O)cc1C. The number of nitrogens with one attached hydrogen (secondary N) is 2. The Morgan fingerprint density at radius 3 is 2.38 bits per heavy atom. The number of benzene rings is 2. The molecule has 1 aliphatic rings. The van der Waals surface area contributed by atoms with Crippen LogP contribution in [0.2, 0.25) is 0 Å². The van der Waals surface area contributed by atoms with Crippen molar-refractivity contribution in [3.8, 4) is 0 Å². The number of imide groups is 1. The van der Waals surface area contributed by atoms with Crippen molar-refractivity contribution >= 4 is 29.2 Å². The maximum Gasteiger partial charge on any atom is 0.325 e. The quantitative estimate of drug-likeness (QED) is 0.457. The van der Waals surface area contributed by atoms with Crippen LogP contribution in [0.25, 0.3) is 0 Å². The molecule has 0 bridgehead atoms. The molecule has 0 aromatic heterocycles. The third-order valence-corrected chi connectivity index (χ3v) is 5.02. The molecule has 0 spiro atoms. The van der Waals surface area contributed by atoms with Crippen molar-refractivity contribution in [3.63, 3.8) is 0 Å². The summed E-state index contributed by atoms with van der Waals surface area (Å²) < 4.78 is 0. The van der Waals surface area contributed by atoms with Crippen molar-refractivity contribution < 1.29 is 19.3 Å². The Morgan fingerprint density at radius 2 is 1.79 bits per heavy atom. The van der Waals surface area contributed by atoms with Gasteiger partial charge in [0.2, 0.25) is 5.91 Å². The summed E-state index contributed by atoms with van der Waals surface area (Å²) in [6.07, 6.45) is 0. The number of urea groups is 1. The average Bonchev–Trinajstić information content (AvgIpc) is 2.89. The molecule has 9 heteroatoms. The van der Waals surface area contributed by atoms with Crippen LogP contribution in [-0.4, -0.2) is 34.2 Å². The molecule has 0 unspecified atom stereocenters. The summed E-state index contributed by atoms with van der Waals surface area (Å²) in [5, 5.41) is 16.1. The molecular weight excluding hydrogens is 376 g/mol. The van der Waals surface area contributed by atoms with E-state index in [2.05, 4.69) is 10.6 Å². The van der Waals surface area contributed by atoms with Crippen molar-refractivity contribution in [1.29, 1.82) is 0 Å². The first-order valence-electron chi connectivity index (χ1n) is 8.88. The number of anilines is 1. The van der Waals surface area contributed by atoms with Crippen LogP contribution in [0.4, 0.5) is 16.2 Å². The number of nitro benzene ring substituents is 1. The first-order valence-corrected chi connectivity index (χ1v) is 8.88. The van der Waals surface area contributed by atoms with E-state index in [1.807, 2.05) is 19.9 Å². The first-order chi connectivity index (χ1) is 13.6. The summed E-state index contributed by atoms with van der Waals surface area (Å²) in [5.41, 5.74) is 1.51. The van der Waals surface area contributed by atoms with Crippen LogP contribution in [-0.2, 0) is 15.1 Å². The maximum absolute atomic E-state index is 12.9. The number of nitro groups is 1. The minimum absolute atomic E-state index is 0.126. The van der Waals surface area contributed by atoms with Gasteiger partial charge in [-0.25, -0.2) is 4.79 Å². The highest BCUT2D eigenvalue weighted by molar-refractivity contribution is 6.10. The van der Waals surface area contributed by atoms with Gasteiger partial charge in [0, 0.05) is 17.8 Å². The number of hydrogen-bond donors (Lipinski definition) is 2. The van der Waals surface area contributed by atoms with E-state index in [9.17, 15) is 24.5 Å². The minimum Gasteiger partial charge on any atom is -0.325 e. The van der Waals surface area contributed by atoms with E-state index in [1.165, 1.54) is 31.2 Å². The summed E-state index contributed by atoms with van der Waals surface area (Å²) in [6.45, 7) is 4.92. The molecule has 0 radical (unpaired) electrons. The molecule has 1 aliphatic heterocycles. The van der Waals surface area contributed by atoms with Crippen LogP contribution < -0.4 is 10.6 Å². The minimum atomic E-state index is -1.41. The lowest BCUT2D eigenvalue weighted by molar-refractivity contribution is -0.384. The normalized spacial score (nSPS) is 18.5. The van der Waals surface area contributed by atoms with E-state index in [1.54, 1.807) is 12.1 Å². The Labute approximate surface area is 166 Å². The predicted molar refractivity (Wildman–Crippen MR) is 105 cm³/mol. The molecule has 9 nitrogen and oxygen atoms in total. The highest BCUT2D eigenvalue weighted by atomic mass is 16.6. The number of non-ortho nitro benzene ring substituents is 1. The topological polar surface area (TPSA) is 122 Å². The fourth-order valence-electron chi connectivity index (χ4n) is 3.12. The second-order valence-electron chi connectivity index (χ2n) is 7.10. The van der Waals surface area contributed by atoms with Gasteiger partial charge in [-0.3, -0.25) is 24.6 Å². The summed E-state index contributed by atoms with van der Waals surface area (Å²) in [5.74, 6) is -1.11. The molecule has 0 aliphatic carbocycles. The molecule has 1 atom stereocenters. The van der Waals surface area contributed by atoms with Crippen molar-refractivity contribution in [2.45, 2.75) is 26.3 Å². The van der Waals surface area contributed by atoms with Gasteiger partial charge < -0.3 is 10.6 Å². The number of carbonyl (C=O) groups is 3. The first kappa shape index (κ1) is 20.0. The Bertz CT molecular complexity index is 1020. The standard InChI is InChI=1S/C20H20N4O5/c1-12-4-7-15(10-13(12)2)21-17(25)11-23-18(26)20(3,22-19(23)27)14-5-8-16(9-6-14)24(28)29/h4-10H,11H2,1-3H3,(H,21,25)(H,22,27)/t20-/m0/s1. The van der Waals surface area contributed by atoms with Crippen LogP contribution >= 0.6 is 0 Å². The third kappa shape index (κ3) is 3.79. The van der Waals surface area contributed by atoms with Gasteiger partial charge in [-0.2, -0.15) is 0 Å². The Kier molecular flexibility index (Phi) is 5.06. The molecule has 1 fully saturated rings. The molecule has 150 valence electrons. The second-order valence-corrected chi connectivity index (χ2v) is 7.10. The zero-order chi connectivity index (χ0) is 21.3. The van der Waals surface area contributed by atoms with Gasteiger partial charge in [0.15, 0.2) is 0 Å². The van der Waals surface area contributed by atoms with Crippen LogP contribution in [0.3, 0.4) is 0 Å². The van der Waals surface area contributed by atoms with E-state index in [0.717, 1.165) is 16.0 Å².